The summed E-state index contributed by atoms with van der Waals surface area (Å²) in [6, 6.07) is 19.0. The van der Waals surface area contributed by atoms with E-state index in [0.29, 0.717) is 31.9 Å². The van der Waals surface area contributed by atoms with E-state index in [0.717, 1.165) is 22.3 Å². The largest absolute Gasteiger partial charge is 0.465 e. The van der Waals surface area contributed by atoms with Crippen LogP contribution in [0.5, 0.6) is 5.75 Å². The standard InChI is InChI=1S/C40H42N2O7S/c1-23-32(37(46)48-22-25-13-11-10-12-14-25)33(27-15-17-28(18-16-27)36(45)47-9)42-35(44)31(50-38(42)41-23)21-26-19-29(39(3,4)5)34(49-24(2)43)30(20-26)40(6,7)8/h10-21,33H,22H2,1-9H3. The Morgan fingerprint density at radius 3 is 2.04 bits per heavy atom. The van der Waals surface area contributed by atoms with Crippen molar-refractivity contribution in [3.8, 4) is 5.75 Å². The zero-order valence-corrected chi connectivity index (χ0v) is 30.7. The molecule has 0 bridgehead atoms. The maximum atomic E-state index is 14.4. The number of allylic oxidation sites excluding steroid dienone is 1. The number of thiazole rings is 1. The summed E-state index contributed by atoms with van der Waals surface area (Å²) < 4.78 is 18.4. The molecule has 0 N–H and O–H groups in total. The van der Waals surface area contributed by atoms with Gasteiger partial charge in [-0.1, -0.05) is 95.3 Å². The molecule has 0 fully saturated rings. The van der Waals surface area contributed by atoms with Crippen LogP contribution in [0.3, 0.4) is 0 Å². The van der Waals surface area contributed by atoms with Crippen LogP contribution in [-0.2, 0) is 36.5 Å². The molecule has 1 atom stereocenters. The van der Waals surface area contributed by atoms with Gasteiger partial charge >= 0.3 is 17.9 Å². The second-order valence-corrected chi connectivity index (χ2v) is 15.3. The van der Waals surface area contributed by atoms with Crippen LogP contribution >= 0.6 is 11.3 Å². The highest BCUT2D eigenvalue weighted by Gasteiger charge is 2.34. The minimum absolute atomic E-state index is 0.0461. The van der Waals surface area contributed by atoms with Crippen LogP contribution in [0, 0.1) is 0 Å². The Balaban J connectivity index is 1.69. The smallest absolute Gasteiger partial charge is 0.338 e. The van der Waals surface area contributed by atoms with Crippen molar-refractivity contribution in [2.45, 2.75) is 78.9 Å². The predicted molar refractivity (Wildman–Crippen MR) is 193 cm³/mol. The average molecular weight is 695 g/mol. The lowest BCUT2D eigenvalue weighted by molar-refractivity contribution is -0.141. The van der Waals surface area contributed by atoms with E-state index < -0.39 is 23.9 Å². The van der Waals surface area contributed by atoms with Crippen molar-refractivity contribution >= 4 is 35.3 Å². The zero-order chi connectivity index (χ0) is 36.5. The fourth-order valence-electron chi connectivity index (χ4n) is 5.87. The Hall–Kier alpha value is -5.09. The predicted octanol–water partition coefficient (Wildman–Crippen LogP) is 6.29. The van der Waals surface area contributed by atoms with Gasteiger partial charge in [-0.2, -0.15) is 0 Å². The van der Waals surface area contributed by atoms with Crippen LogP contribution in [0.25, 0.3) is 6.08 Å². The molecule has 0 spiro atoms. The van der Waals surface area contributed by atoms with Crippen LogP contribution in [0.4, 0.5) is 0 Å². The van der Waals surface area contributed by atoms with Crippen molar-refractivity contribution in [1.29, 1.82) is 0 Å². The summed E-state index contributed by atoms with van der Waals surface area (Å²) in [5, 5.41) is 0. The maximum Gasteiger partial charge on any atom is 0.338 e. The van der Waals surface area contributed by atoms with Crippen molar-refractivity contribution in [3.05, 3.63) is 131 Å². The number of carbonyl (C=O) groups excluding carboxylic acids is 3. The van der Waals surface area contributed by atoms with Crippen LogP contribution in [0.15, 0.2) is 87.8 Å². The molecule has 260 valence electrons. The van der Waals surface area contributed by atoms with Crippen molar-refractivity contribution in [2.75, 3.05) is 7.11 Å². The molecule has 1 aliphatic rings. The number of ether oxygens (including phenoxy) is 3. The highest BCUT2D eigenvalue weighted by atomic mass is 32.1. The zero-order valence-electron chi connectivity index (χ0n) is 29.9. The third-order valence-electron chi connectivity index (χ3n) is 8.37. The number of nitrogens with zero attached hydrogens (tertiary/aromatic N) is 2. The molecule has 5 rings (SSSR count). The fourth-order valence-corrected chi connectivity index (χ4v) is 6.92. The molecule has 0 amide bonds. The van der Waals surface area contributed by atoms with Crippen LogP contribution in [-0.4, -0.2) is 29.6 Å². The van der Waals surface area contributed by atoms with Gasteiger partial charge in [0.15, 0.2) is 4.80 Å². The lowest BCUT2D eigenvalue weighted by Crippen LogP contribution is -2.40. The number of esters is 3. The van der Waals surface area contributed by atoms with E-state index in [1.54, 1.807) is 31.2 Å². The lowest BCUT2D eigenvalue weighted by Gasteiger charge is -2.29. The normalized spacial score (nSPS) is 14.9. The van der Waals surface area contributed by atoms with Crippen LogP contribution in [0.1, 0.15) is 99.6 Å². The van der Waals surface area contributed by atoms with Crippen molar-refractivity contribution < 1.29 is 28.6 Å². The molecule has 4 aromatic rings. The number of hydrogen-bond acceptors (Lipinski definition) is 9. The number of fused-ring (bicyclic) bond motifs is 1. The van der Waals surface area contributed by atoms with Crippen LogP contribution < -0.4 is 19.6 Å². The highest BCUT2D eigenvalue weighted by Crippen LogP contribution is 2.41. The Morgan fingerprint density at radius 1 is 0.900 bits per heavy atom. The number of benzene rings is 3. The number of aromatic nitrogens is 1. The first-order valence-electron chi connectivity index (χ1n) is 16.3. The molecular formula is C40H42N2O7S. The summed E-state index contributed by atoms with van der Waals surface area (Å²) in [5.74, 6) is -0.980. The Bertz CT molecular complexity index is 2140. The molecule has 10 heteroatoms. The maximum absolute atomic E-state index is 14.4. The van der Waals surface area contributed by atoms with Gasteiger partial charge in [0.25, 0.3) is 5.56 Å². The van der Waals surface area contributed by atoms with Gasteiger partial charge < -0.3 is 14.2 Å². The van der Waals surface area contributed by atoms with Gasteiger partial charge in [-0.25, -0.2) is 14.6 Å². The molecule has 0 saturated heterocycles. The van der Waals surface area contributed by atoms with Crippen molar-refractivity contribution in [3.63, 3.8) is 0 Å². The molecule has 0 radical (unpaired) electrons. The molecule has 2 heterocycles. The highest BCUT2D eigenvalue weighted by molar-refractivity contribution is 7.07. The minimum atomic E-state index is -0.870. The van der Waals surface area contributed by atoms with E-state index in [9.17, 15) is 19.2 Å². The van der Waals surface area contributed by atoms with Gasteiger partial charge in [-0.3, -0.25) is 14.2 Å². The van der Waals surface area contributed by atoms with Gasteiger partial charge in [0.1, 0.15) is 12.4 Å². The molecule has 1 unspecified atom stereocenters. The third-order valence-corrected chi connectivity index (χ3v) is 9.36. The van der Waals surface area contributed by atoms with E-state index in [1.165, 1.54) is 29.9 Å². The summed E-state index contributed by atoms with van der Waals surface area (Å²) in [5.41, 5.74) is 3.73. The molecule has 1 aliphatic heterocycles. The Kier molecular flexibility index (Phi) is 10.2. The molecule has 3 aromatic carbocycles. The second kappa shape index (κ2) is 14.0. The van der Waals surface area contributed by atoms with Crippen LogP contribution in [0.2, 0.25) is 0 Å². The summed E-state index contributed by atoms with van der Waals surface area (Å²) in [6.07, 6.45) is 1.82. The molecule has 1 aromatic heterocycles. The summed E-state index contributed by atoms with van der Waals surface area (Å²) >= 11 is 1.22. The van der Waals surface area contributed by atoms with Gasteiger partial charge in [0.05, 0.1) is 34.5 Å². The molecular weight excluding hydrogens is 653 g/mol. The number of hydrogen-bond donors (Lipinski definition) is 0. The van der Waals surface area contributed by atoms with E-state index in [4.69, 9.17) is 19.2 Å². The number of carbonyl (C=O) groups is 3. The fraction of sp³-hybridized carbons (Fsp3) is 0.325. The number of methoxy groups -OCH3 is 1. The third kappa shape index (κ3) is 7.55. The Morgan fingerprint density at radius 2 is 1.50 bits per heavy atom. The Labute approximate surface area is 295 Å². The van der Waals surface area contributed by atoms with Gasteiger partial charge in [-0.15, -0.1) is 0 Å². The van der Waals surface area contributed by atoms with E-state index in [2.05, 4.69) is 0 Å². The lowest BCUT2D eigenvalue weighted by atomic mass is 9.78. The molecule has 0 saturated carbocycles. The molecule has 50 heavy (non-hydrogen) atoms. The minimum Gasteiger partial charge on any atom is -0.465 e. The first-order valence-corrected chi connectivity index (χ1v) is 17.1. The first-order chi connectivity index (χ1) is 23.5. The molecule has 9 nitrogen and oxygen atoms in total. The van der Waals surface area contributed by atoms with Gasteiger partial charge in [0, 0.05) is 18.1 Å². The second-order valence-electron chi connectivity index (χ2n) is 14.3. The summed E-state index contributed by atoms with van der Waals surface area (Å²) in [4.78, 5) is 57.8. The quantitative estimate of drug-likeness (QED) is 0.165. The topological polar surface area (TPSA) is 113 Å². The van der Waals surface area contributed by atoms with Gasteiger partial charge in [-0.05, 0) is 64.8 Å². The SMILES string of the molecule is COC(=O)c1ccc(C2C(C(=O)OCc3ccccc3)=C(C)N=c3sc(=Cc4cc(C(C)(C)C)c(OC(C)=O)c(C(C)(C)C)c4)c(=O)n32)cc1. The summed E-state index contributed by atoms with van der Waals surface area (Å²) in [7, 11) is 1.31. The average Bonchev–Trinajstić information content (AvgIpc) is 3.35. The molecule has 0 aliphatic carbocycles. The van der Waals surface area contributed by atoms with Gasteiger partial charge in [0.2, 0.25) is 0 Å². The van der Waals surface area contributed by atoms with E-state index >= 15 is 0 Å². The van der Waals surface area contributed by atoms with Crippen molar-refractivity contribution in [1.82, 2.24) is 4.57 Å². The van der Waals surface area contributed by atoms with E-state index in [1.807, 2.05) is 90.1 Å². The van der Waals surface area contributed by atoms with E-state index in [-0.39, 0.29) is 28.6 Å². The summed E-state index contributed by atoms with van der Waals surface area (Å²) in [6.45, 7) is 15.4. The first kappa shape index (κ1) is 36.2. The number of rotatable bonds is 7. The van der Waals surface area contributed by atoms with Crippen molar-refractivity contribution in [2.24, 2.45) is 4.99 Å². The monoisotopic (exact) mass is 694 g/mol.